The van der Waals surface area contributed by atoms with E-state index < -0.39 is 0 Å². The minimum absolute atomic E-state index is 0.0494. The molecule has 0 unspecified atom stereocenters. The molecule has 1 saturated heterocycles. The number of amides is 2. The van der Waals surface area contributed by atoms with Crippen LogP contribution in [-0.4, -0.2) is 52.1 Å². The second-order valence-electron chi connectivity index (χ2n) is 5.94. The third kappa shape index (κ3) is 4.46. The Morgan fingerprint density at radius 3 is 2.79 bits per heavy atom. The topological polar surface area (TPSA) is 68.7 Å². The Labute approximate surface area is 145 Å². The van der Waals surface area contributed by atoms with Crippen molar-refractivity contribution in [1.82, 2.24) is 20.1 Å². The molecule has 6 nitrogen and oxygen atoms in total. The van der Waals surface area contributed by atoms with E-state index in [1.54, 1.807) is 29.5 Å². The number of benzene rings is 1. The molecule has 0 spiro atoms. The van der Waals surface area contributed by atoms with Gasteiger partial charge in [-0.1, -0.05) is 12.1 Å². The molecule has 7 heteroatoms. The van der Waals surface area contributed by atoms with Gasteiger partial charge in [-0.15, -0.1) is 11.3 Å². The lowest BCUT2D eigenvalue weighted by Gasteiger charge is -2.34. The highest BCUT2D eigenvalue weighted by Crippen LogP contribution is 2.15. The van der Waals surface area contributed by atoms with Crippen molar-refractivity contribution < 1.29 is 9.90 Å². The van der Waals surface area contributed by atoms with Crippen LogP contribution in [0.3, 0.4) is 0 Å². The Balaban J connectivity index is 1.43. The normalized spacial score (nSPS) is 15.5. The molecule has 1 aliphatic rings. The van der Waals surface area contributed by atoms with E-state index in [9.17, 15) is 9.90 Å². The number of piperazine rings is 1. The van der Waals surface area contributed by atoms with Gasteiger partial charge in [0.25, 0.3) is 0 Å². The zero-order valence-electron chi connectivity index (χ0n) is 13.7. The molecule has 0 atom stereocenters. The molecular formula is C17H22N4O2S. The number of aryl methyl sites for hydroxylation is 1. The summed E-state index contributed by atoms with van der Waals surface area (Å²) < 4.78 is 0. The molecule has 0 aliphatic carbocycles. The number of hydrogen-bond acceptors (Lipinski definition) is 5. The van der Waals surface area contributed by atoms with Crippen molar-refractivity contribution >= 4 is 17.4 Å². The predicted molar refractivity (Wildman–Crippen MR) is 94.0 cm³/mol. The monoisotopic (exact) mass is 346 g/mol. The second-order valence-corrected chi connectivity index (χ2v) is 7.26. The van der Waals surface area contributed by atoms with Gasteiger partial charge in [-0.3, -0.25) is 4.90 Å². The van der Waals surface area contributed by atoms with Crippen molar-refractivity contribution in [2.75, 3.05) is 26.2 Å². The molecule has 0 saturated carbocycles. The third-order valence-corrected chi connectivity index (χ3v) is 4.96. The van der Waals surface area contributed by atoms with E-state index in [1.165, 1.54) is 4.88 Å². The van der Waals surface area contributed by atoms with E-state index in [4.69, 9.17) is 0 Å². The number of aromatic hydroxyl groups is 1. The number of rotatable bonds is 4. The molecule has 1 aromatic carbocycles. The van der Waals surface area contributed by atoms with Crippen LogP contribution in [0.25, 0.3) is 0 Å². The molecule has 1 aromatic heterocycles. The van der Waals surface area contributed by atoms with Gasteiger partial charge in [-0.25, -0.2) is 9.78 Å². The van der Waals surface area contributed by atoms with E-state index in [-0.39, 0.29) is 11.8 Å². The molecule has 128 valence electrons. The Hall–Kier alpha value is -2.12. The molecule has 2 aromatic rings. The van der Waals surface area contributed by atoms with E-state index >= 15 is 0 Å². The third-order valence-electron chi connectivity index (χ3n) is 4.06. The number of phenols is 1. The average Bonchev–Trinajstić information content (AvgIpc) is 2.98. The van der Waals surface area contributed by atoms with Crippen LogP contribution in [-0.2, 0) is 13.1 Å². The highest BCUT2D eigenvalue weighted by molar-refractivity contribution is 7.11. The number of hydrogen-bond donors (Lipinski definition) is 2. The van der Waals surface area contributed by atoms with Gasteiger partial charge in [0.05, 0.1) is 5.01 Å². The van der Waals surface area contributed by atoms with Crippen LogP contribution in [0.15, 0.2) is 30.5 Å². The Kier molecular flexibility index (Phi) is 5.32. The molecule has 2 N–H and O–H groups in total. The number of nitrogens with one attached hydrogen (secondary N) is 1. The van der Waals surface area contributed by atoms with Gasteiger partial charge in [0, 0.05) is 50.3 Å². The first-order valence-electron chi connectivity index (χ1n) is 8.04. The minimum Gasteiger partial charge on any atom is -0.508 e. The summed E-state index contributed by atoms with van der Waals surface area (Å²) in [5.41, 5.74) is 0.891. The fourth-order valence-corrected chi connectivity index (χ4v) is 3.60. The standard InChI is InChI=1S/C17H22N4O2S/c1-13-18-11-16(24-13)12-20-5-7-21(8-6-20)17(23)19-10-14-3-2-4-15(22)9-14/h2-4,9,11,22H,5-8,10,12H2,1H3,(H,19,23). The average molecular weight is 346 g/mol. The van der Waals surface area contributed by atoms with E-state index in [1.807, 2.05) is 24.1 Å². The lowest BCUT2D eigenvalue weighted by Crippen LogP contribution is -2.51. The summed E-state index contributed by atoms with van der Waals surface area (Å²) >= 11 is 1.73. The number of aromatic nitrogens is 1. The lowest BCUT2D eigenvalue weighted by molar-refractivity contribution is 0.135. The smallest absolute Gasteiger partial charge is 0.317 e. The SMILES string of the molecule is Cc1ncc(CN2CCN(C(=O)NCc3cccc(O)c3)CC2)s1. The van der Waals surface area contributed by atoms with E-state index in [0.717, 1.165) is 43.3 Å². The highest BCUT2D eigenvalue weighted by atomic mass is 32.1. The van der Waals surface area contributed by atoms with Crippen molar-refractivity contribution in [2.45, 2.75) is 20.0 Å². The van der Waals surface area contributed by atoms with Crippen molar-refractivity contribution in [1.29, 1.82) is 0 Å². The fourth-order valence-electron chi connectivity index (χ4n) is 2.76. The first-order valence-corrected chi connectivity index (χ1v) is 8.86. The number of thiazole rings is 1. The molecule has 1 aliphatic heterocycles. The molecule has 0 bridgehead atoms. The quantitative estimate of drug-likeness (QED) is 0.890. The summed E-state index contributed by atoms with van der Waals surface area (Å²) in [6, 6.07) is 6.89. The minimum atomic E-state index is -0.0494. The molecule has 3 rings (SSSR count). The van der Waals surface area contributed by atoms with Gasteiger partial charge in [-0.2, -0.15) is 0 Å². The predicted octanol–water partition coefficient (Wildman–Crippen LogP) is 2.18. The van der Waals surface area contributed by atoms with Crippen LogP contribution in [0.4, 0.5) is 4.79 Å². The summed E-state index contributed by atoms with van der Waals surface area (Å²) in [7, 11) is 0. The molecule has 2 amide bonds. The highest BCUT2D eigenvalue weighted by Gasteiger charge is 2.21. The fraction of sp³-hybridized carbons (Fsp3) is 0.412. The van der Waals surface area contributed by atoms with Gasteiger partial charge in [-0.05, 0) is 24.6 Å². The van der Waals surface area contributed by atoms with Crippen LogP contribution in [0, 0.1) is 6.92 Å². The summed E-state index contributed by atoms with van der Waals surface area (Å²) in [6.45, 7) is 6.54. The maximum Gasteiger partial charge on any atom is 0.317 e. The maximum atomic E-state index is 12.3. The van der Waals surface area contributed by atoms with Gasteiger partial charge < -0.3 is 15.3 Å². The summed E-state index contributed by atoms with van der Waals surface area (Å²) in [6.07, 6.45) is 1.94. The van der Waals surface area contributed by atoms with Crippen molar-refractivity contribution in [3.63, 3.8) is 0 Å². The van der Waals surface area contributed by atoms with Crippen LogP contribution in [0.5, 0.6) is 5.75 Å². The summed E-state index contributed by atoms with van der Waals surface area (Å²) in [5, 5.41) is 13.5. The number of urea groups is 1. The molecule has 24 heavy (non-hydrogen) atoms. The number of carbonyl (C=O) groups is 1. The van der Waals surface area contributed by atoms with Gasteiger partial charge in [0.2, 0.25) is 0 Å². The van der Waals surface area contributed by atoms with Crippen molar-refractivity contribution in [2.24, 2.45) is 0 Å². The van der Waals surface area contributed by atoms with Crippen molar-refractivity contribution in [3.8, 4) is 5.75 Å². The van der Waals surface area contributed by atoms with Gasteiger partial charge >= 0.3 is 6.03 Å². The summed E-state index contributed by atoms with van der Waals surface area (Å²) in [4.78, 5) is 22.0. The number of nitrogens with zero attached hydrogens (tertiary/aromatic N) is 3. The van der Waals surface area contributed by atoms with E-state index in [2.05, 4.69) is 15.2 Å². The molecule has 0 radical (unpaired) electrons. The second kappa shape index (κ2) is 7.63. The van der Waals surface area contributed by atoms with E-state index in [0.29, 0.717) is 6.54 Å². The number of phenolic OH excluding ortho intramolecular Hbond substituents is 1. The Morgan fingerprint density at radius 2 is 2.12 bits per heavy atom. The van der Waals surface area contributed by atoms with Crippen LogP contribution >= 0.6 is 11.3 Å². The van der Waals surface area contributed by atoms with Crippen molar-refractivity contribution in [3.05, 3.63) is 45.9 Å². The zero-order chi connectivity index (χ0) is 16.9. The Morgan fingerprint density at radius 1 is 1.33 bits per heavy atom. The molecular weight excluding hydrogens is 324 g/mol. The zero-order valence-corrected chi connectivity index (χ0v) is 14.6. The van der Waals surface area contributed by atoms with Crippen LogP contribution < -0.4 is 5.32 Å². The lowest BCUT2D eigenvalue weighted by atomic mass is 10.2. The van der Waals surface area contributed by atoms with Crippen LogP contribution in [0.1, 0.15) is 15.4 Å². The molecule has 2 heterocycles. The van der Waals surface area contributed by atoms with Crippen LogP contribution in [0.2, 0.25) is 0 Å². The molecule has 1 fully saturated rings. The van der Waals surface area contributed by atoms with Gasteiger partial charge in [0.15, 0.2) is 0 Å². The number of carbonyl (C=O) groups excluding carboxylic acids is 1. The van der Waals surface area contributed by atoms with Gasteiger partial charge in [0.1, 0.15) is 5.75 Å². The maximum absolute atomic E-state index is 12.3. The largest absolute Gasteiger partial charge is 0.508 e. The summed E-state index contributed by atoms with van der Waals surface area (Å²) in [5.74, 6) is 0.216. The Bertz CT molecular complexity index is 695. The first kappa shape index (κ1) is 16.7. The first-order chi connectivity index (χ1) is 11.6.